The second-order valence-electron chi connectivity index (χ2n) is 4.55. The zero-order chi connectivity index (χ0) is 12.9. The van der Waals surface area contributed by atoms with Gasteiger partial charge in [0.15, 0.2) is 0 Å². The highest BCUT2D eigenvalue weighted by atomic mass is 16.1. The topological polar surface area (TPSA) is 41.1 Å². The van der Waals surface area contributed by atoms with Crippen molar-refractivity contribution >= 4 is 5.91 Å². The quantitative estimate of drug-likeness (QED) is 0.430. The third kappa shape index (κ3) is 11.4. The minimum atomic E-state index is -0.0301. The average Bonchev–Trinajstić information content (AvgIpc) is 2.31. The van der Waals surface area contributed by atoms with Gasteiger partial charge in [-0.3, -0.25) is 4.79 Å². The van der Waals surface area contributed by atoms with E-state index < -0.39 is 0 Å². The number of amides is 1. The van der Waals surface area contributed by atoms with Crippen molar-refractivity contribution < 1.29 is 4.79 Å². The maximum Gasteiger partial charge on any atom is 0.246 e. The van der Waals surface area contributed by atoms with Crippen LogP contribution in [0.15, 0.2) is 12.2 Å². The molecule has 0 aliphatic heterocycles. The minimum absolute atomic E-state index is 0.0301. The van der Waals surface area contributed by atoms with Gasteiger partial charge in [-0.1, -0.05) is 32.8 Å². The Morgan fingerprint density at radius 1 is 1.00 bits per heavy atom. The molecule has 100 valence electrons. The molecule has 0 aromatic rings. The summed E-state index contributed by atoms with van der Waals surface area (Å²) in [5, 5.41) is 6.26. The maximum atomic E-state index is 11.2. The van der Waals surface area contributed by atoms with Crippen LogP contribution in [-0.4, -0.2) is 25.5 Å². The van der Waals surface area contributed by atoms with Gasteiger partial charge >= 0.3 is 0 Å². The SMILES string of the molecule is C=C(C)C(=O)NCCCCNCCCCCC. The fourth-order valence-electron chi connectivity index (χ4n) is 1.53. The third-order valence-electron chi connectivity index (χ3n) is 2.66. The Hall–Kier alpha value is -0.830. The molecule has 0 fully saturated rings. The highest BCUT2D eigenvalue weighted by Gasteiger charge is 1.98. The number of unbranched alkanes of at least 4 members (excludes halogenated alkanes) is 4. The molecule has 0 saturated carbocycles. The van der Waals surface area contributed by atoms with Crippen LogP contribution in [0.2, 0.25) is 0 Å². The monoisotopic (exact) mass is 240 g/mol. The molecule has 0 aliphatic carbocycles. The fraction of sp³-hybridized carbons (Fsp3) is 0.786. The lowest BCUT2D eigenvalue weighted by Crippen LogP contribution is -2.25. The van der Waals surface area contributed by atoms with Gasteiger partial charge in [0.1, 0.15) is 0 Å². The van der Waals surface area contributed by atoms with Crippen LogP contribution in [-0.2, 0) is 4.79 Å². The van der Waals surface area contributed by atoms with E-state index in [0.29, 0.717) is 5.57 Å². The van der Waals surface area contributed by atoms with Crippen LogP contribution < -0.4 is 10.6 Å². The van der Waals surface area contributed by atoms with Gasteiger partial charge in [0.2, 0.25) is 5.91 Å². The summed E-state index contributed by atoms with van der Waals surface area (Å²) >= 11 is 0. The van der Waals surface area contributed by atoms with Crippen molar-refractivity contribution in [2.75, 3.05) is 19.6 Å². The van der Waals surface area contributed by atoms with Crippen molar-refractivity contribution in [3.8, 4) is 0 Å². The Balaban J connectivity index is 3.08. The molecular formula is C14H28N2O. The Bertz CT molecular complexity index is 214. The van der Waals surface area contributed by atoms with E-state index in [2.05, 4.69) is 24.1 Å². The van der Waals surface area contributed by atoms with E-state index in [-0.39, 0.29) is 5.91 Å². The van der Waals surface area contributed by atoms with Gasteiger partial charge in [-0.15, -0.1) is 0 Å². The smallest absolute Gasteiger partial charge is 0.246 e. The van der Waals surface area contributed by atoms with E-state index in [1.54, 1.807) is 6.92 Å². The molecule has 0 spiro atoms. The van der Waals surface area contributed by atoms with Crippen molar-refractivity contribution in [1.29, 1.82) is 0 Å². The Morgan fingerprint density at radius 3 is 2.18 bits per heavy atom. The van der Waals surface area contributed by atoms with Crippen LogP contribution in [0, 0.1) is 0 Å². The molecule has 0 aliphatic rings. The van der Waals surface area contributed by atoms with Crippen molar-refractivity contribution in [3.63, 3.8) is 0 Å². The molecule has 3 nitrogen and oxygen atoms in total. The van der Waals surface area contributed by atoms with E-state index >= 15 is 0 Å². The van der Waals surface area contributed by atoms with Crippen molar-refractivity contribution in [2.45, 2.75) is 52.4 Å². The highest BCUT2D eigenvalue weighted by molar-refractivity contribution is 5.91. The standard InChI is InChI=1S/C14H28N2O/c1-4-5-6-7-10-15-11-8-9-12-16-14(17)13(2)3/h15H,2,4-12H2,1,3H3,(H,16,17). The molecule has 0 heterocycles. The molecule has 0 aromatic heterocycles. The van der Waals surface area contributed by atoms with Crippen molar-refractivity contribution in [2.24, 2.45) is 0 Å². The first-order valence-electron chi connectivity index (χ1n) is 6.83. The van der Waals surface area contributed by atoms with Crippen LogP contribution in [0.25, 0.3) is 0 Å². The maximum absolute atomic E-state index is 11.2. The van der Waals surface area contributed by atoms with Gasteiger partial charge < -0.3 is 10.6 Å². The first-order valence-corrected chi connectivity index (χ1v) is 6.83. The summed E-state index contributed by atoms with van der Waals surface area (Å²) in [4.78, 5) is 11.2. The predicted molar refractivity (Wildman–Crippen MR) is 74.1 cm³/mol. The molecule has 17 heavy (non-hydrogen) atoms. The van der Waals surface area contributed by atoms with Crippen LogP contribution in [0.3, 0.4) is 0 Å². The summed E-state index contributed by atoms with van der Waals surface area (Å²) in [5.41, 5.74) is 0.582. The lowest BCUT2D eigenvalue weighted by atomic mass is 10.2. The van der Waals surface area contributed by atoms with Crippen molar-refractivity contribution in [3.05, 3.63) is 12.2 Å². The number of carbonyl (C=O) groups excluding carboxylic acids is 1. The lowest BCUT2D eigenvalue weighted by Gasteiger charge is -2.06. The van der Waals surface area contributed by atoms with Crippen LogP contribution in [0.5, 0.6) is 0 Å². The summed E-state index contributed by atoms with van der Waals surface area (Å²) in [6.45, 7) is 10.5. The summed E-state index contributed by atoms with van der Waals surface area (Å²) in [6.07, 6.45) is 7.39. The molecule has 0 atom stereocenters. The molecule has 2 N–H and O–H groups in total. The number of hydrogen-bond donors (Lipinski definition) is 2. The average molecular weight is 240 g/mol. The normalized spacial score (nSPS) is 10.2. The van der Waals surface area contributed by atoms with E-state index in [4.69, 9.17) is 0 Å². The minimum Gasteiger partial charge on any atom is -0.352 e. The Labute approximate surface area is 106 Å². The number of rotatable bonds is 11. The summed E-state index contributed by atoms with van der Waals surface area (Å²) < 4.78 is 0. The first kappa shape index (κ1) is 16.2. The van der Waals surface area contributed by atoms with Crippen LogP contribution in [0.1, 0.15) is 52.4 Å². The molecule has 0 radical (unpaired) electrons. The summed E-state index contributed by atoms with van der Waals surface area (Å²) in [7, 11) is 0. The van der Waals surface area contributed by atoms with Gasteiger partial charge in [0, 0.05) is 12.1 Å². The second-order valence-corrected chi connectivity index (χ2v) is 4.55. The fourth-order valence-corrected chi connectivity index (χ4v) is 1.53. The third-order valence-corrected chi connectivity index (χ3v) is 2.66. The molecule has 1 amide bonds. The molecule has 0 unspecified atom stereocenters. The molecule has 0 aromatic carbocycles. The number of hydrogen-bond acceptors (Lipinski definition) is 2. The molecule has 0 saturated heterocycles. The van der Waals surface area contributed by atoms with Gasteiger partial charge in [-0.05, 0) is 39.3 Å². The number of nitrogens with one attached hydrogen (secondary N) is 2. The van der Waals surface area contributed by atoms with Crippen molar-refractivity contribution in [1.82, 2.24) is 10.6 Å². The van der Waals surface area contributed by atoms with Gasteiger partial charge in [-0.2, -0.15) is 0 Å². The Kier molecular flexibility index (Phi) is 11.1. The highest BCUT2D eigenvalue weighted by Crippen LogP contribution is 1.97. The zero-order valence-electron chi connectivity index (χ0n) is 11.5. The predicted octanol–water partition coefficient (Wildman–Crippen LogP) is 2.63. The van der Waals surface area contributed by atoms with E-state index in [0.717, 1.165) is 32.5 Å². The van der Waals surface area contributed by atoms with E-state index in [1.165, 1.54) is 25.7 Å². The summed E-state index contributed by atoms with van der Waals surface area (Å²) in [6, 6.07) is 0. The van der Waals surface area contributed by atoms with Crippen LogP contribution in [0.4, 0.5) is 0 Å². The molecular weight excluding hydrogens is 212 g/mol. The number of carbonyl (C=O) groups is 1. The largest absolute Gasteiger partial charge is 0.352 e. The lowest BCUT2D eigenvalue weighted by molar-refractivity contribution is -0.117. The summed E-state index contributed by atoms with van der Waals surface area (Å²) in [5.74, 6) is -0.0301. The zero-order valence-corrected chi connectivity index (χ0v) is 11.5. The molecule has 0 bridgehead atoms. The van der Waals surface area contributed by atoms with E-state index in [1.807, 2.05) is 0 Å². The van der Waals surface area contributed by atoms with E-state index in [9.17, 15) is 4.79 Å². The molecule has 3 heteroatoms. The van der Waals surface area contributed by atoms with Gasteiger partial charge in [0.05, 0.1) is 0 Å². The van der Waals surface area contributed by atoms with Gasteiger partial charge in [0.25, 0.3) is 0 Å². The van der Waals surface area contributed by atoms with Crippen LogP contribution >= 0.6 is 0 Å². The Morgan fingerprint density at radius 2 is 1.59 bits per heavy atom. The molecule has 0 rings (SSSR count). The first-order chi connectivity index (χ1) is 8.18. The van der Waals surface area contributed by atoms with Gasteiger partial charge in [-0.25, -0.2) is 0 Å². The second kappa shape index (κ2) is 11.6.